The molecule has 230 valence electrons. The normalized spacial score (nSPS) is 9.66. The van der Waals surface area contributed by atoms with Crippen LogP contribution in [0.15, 0.2) is 42.5 Å². The van der Waals surface area contributed by atoms with E-state index in [9.17, 15) is 14.4 Å². The van der Waals surface area contributed by atoms with Crippen molar-refractivity contribution < 1.29 is 24.3 Å². The summed E-state index contributed by atoms with van der Waals surface area (Å²) in [6.45, 7) is 22.7. The van der Waals surface area contributed by atoms with E-state index in [-0.39, 0.29) is 11.6 Å². The monoisotopic (exact) mass is 569 g/mol. The Morgan fingerprint density at radius 1 is 0.854 bits per heavy atom. The minimum atomic E-state index is -0.755. The van der Waals surface area contributed by atoms with Crippen LogP contribution >= 0.6 is 0 Å². The highest BCUT2D eigenvalue weighted by Gasteiger charge is 2.15. The topological polar surface area (TPSA) is 92.7 Å². The van der Waals surface area contributed by atoms with E-state index >= 15 is 0 Å². The number of ether oxygens (including phenoxy) is 1. The number of carbonyl (C=O) groups is 3. The molecule has 0 saturated heterocycles. The molecule has 2 N–H and O–H groups in total. The van der Waals surface area contributed by atoms with Crippen molar-refractivity contribution in [1.29, 1.82) is 0 Å². The molecule has 0 saturated carbocycles. The molecular weight excluding hydrogens is 514 g/mol. The number of unbranched alkanes of at least 4 members (excludes halogenated alkanes) is 1. The molecule has 0 bridgehead atoms. The summed E-state index contributed by atoms with van der Waals surface area (Å²) in [5.41, 5.74) is 6.70. The second-order valence-electron chi connectivity index (χ2n) is 8.65. The minimum Gasteiger partial charge on any atom is -0.381 e. The molecule has 1 unspecified atom stereocenters. The highest BCUT2D eigenvalue weighted by atomic mass is 16.5. The van der Waals surface area contributed by atoms with Gasteiger partial charge in [0.15, 0.2) is 5.78 Å². The number of rotatable bonds is 9. The van der Waals surface area contributed by atoms with E-state index in [4.69, 9.17) is 9.94 Å². The second kappa shape index (κ2) is 28.3. The Kier molecular flexibility index (Phi) is 29.1. The van der Waals surface area contributed by atoms with E-state index < -0.39 is 11.8 Å². The standard InChI is InChI=1S/C19H18O.C7H16O.C5H9NO3.2C2H6/c1-4-18-10-9-17(13-14(18)2)6-5-16-7-11-19(12-8-16)15(3)20;1-3-5-7-8-6-4-2;1-3(4(2)7)5(8)6-9;2*1-2/h7-13H,4H2,1-3H3;3-7H2,1-2H3;3,9H,1-2H3,(H,6,8);2*1-2H3. The third-order valence-corrected chi connectivity index (χ3v) is 5.47. The van der Waals surface area contributed by atoms with Gasteiger partial charge in [0.1, 0.15) is 5.78 Å². The van der Waals surface area contributed by atoms with E-state index in [1.807, 2.05) is 52.0 Å². The van der Waals surface area contributed by atoms with Crippen molar-refractivity contribution >= 4 is 17.5 Å². The predicted octanol–water partition coefficient (Wildman–Crippen LogP) is 8.14. The number of aryl methyl sites for hydroxylation is 2. The fourth-order valence-electron chi connectivity index (χ4n) is 2.88. The summed E-state index contributed by atoms with van der Waals surface area (Å²) in [6.07, 6.45) is 4.64. The van der Waals surface area contributed by atoms with E-state index in [0.29, 0.717) is 0 Å². The Labute approximate surface area is 250 Å². The van der Waals surface area contributed by atoms with Crippen LogP contribution in [-0.4, -0.2) is 35.9 Å². The summed E-state index contributed by atoms with van der Waals surface area (Å²) in [6, 6.07) is 13.7. The molecule has 1 atom stereocenters. The van der Waals surface area contributed by atoms with Crippen molar-refractivity contribution in [2.75, 3.05) is 13.2 Å². The van der Waals surface area contributed by atoms with Gasteiger partial charge in [-0.1, -0.05) is 84.9 Å². The van der Waals surface area contributed by atoms with Crippen LogP contribution < -0.4 is 5.48 Å². The molecular formula is C35H55NO5. The molecule has 0 heterocycles. The summed E-state index contributed by atoms with van der Waals surface area (Å²) >= 11 is 0. The third kappa shape index (κ3) is 21.2. The molecule has 0 aliphatic carbocycles. The number of nitrogens with one attached hydrogen (secondary N) is 1. The molecule has 0 spiro atoms. The molecule has 0 aliphatic rings. The first-order valence-corrected chi connectivity index (χ1v) is 14.9. The number of benzene rings is 2. The number of ketones is 2. The van der Waals surface area contributed by atoms with Gasteiger partial charge in [0, 0.05) is 29.9 Å². The van der Waals surface area contributed by atoms with Crippen LogP contribution in [0.5, 0.6) is 0 Å². The van der Waals surface area contributed by atoms with Crippen LogP contribution in [0.2, 0.25) is 0 Å². The van der Waals surface area contributed by atoms with Crippen LogP contribution in [0.1, 0.15) is 121 Å². The zero-order valence-electron chi connectivity index (χ0n) is 27.4. The lowest BCUT2D eigenvalue weighted by atomic mass is 10.0. The lowest BCUT2D eigenvalue weighted by molar-refractivity contribution is -0.138. The molecule has 2 aromatic carbocycles. The Hall–Kier alpha value is -3.27. The molecule has 2 rings (SSSR count). The summed E-state index contributed by atoms with van der Waals surface area (Å²) in [7, 11) is 0. The zero-order chi connectivity index (χ0) is 32.2. The number of Topliss-reactive ketones (excluding diaryl/α,β-unsaturated/α-hetero) is 2. The van der Waals surface area contributed by atoms with Crippen LogP contribution in [0, 0.1) is 24.7 Å². The van der Waals surface area contributed by atoms with Gasteiger partial charge in [0.25, 0.3) is 5.91 Å². The van der Waals surface area contributed by atoms with Gasteiger partial charge in [-0.2, -0.15) is 0 Å². The third-order valence-electron chi connectivity index (χ3n) is 5.47. The SMILES string of the molecule is CC.CC.CC(=O)C(C)C(=O)NO.CCCCOCCC.CCc1ccc(C#Cc2ccc(C(C)=O)cc2)cc1C. The highest BCUT2D eigenvalue weighted by molar-refractivity contribution is 5.99. The zero-order valence-corrected chi connectivity index (χ0v) is 27.4. The lowest BCUT2D eigenvalue weighted by Crippen LogP contribution is -2.29. The van der Waals surface area contributed by atoms with Crippen LogP contribution in [-0.2, 0) is 20.7 Å². The molecule has 0 fully saturated rings. The quantitative estimate of drug-likeness (QED) is 0.0794. The largest absolute Gasteiger partial charge is 0.381 e. The average Bonchev–Trinajstić information content (AvgIpc) is 3.00. The minimum absolute atomic E-state index is 0.0790. The molecule has 2 aromatic rings. The number of hydrogen-bond donors (Lipinski definition) is 2. The Morgan fingerprint density at radius 3 is 1.78 bits per heavy atom. The van der Waals surface area contributed by atoms with E-state index in [1.165, 1.54) is 43.3 Å². The Morgan fingerprint density at radius 2 is 1.39 bits per heavy atom. The first kappa shape index (κ1) is 42.2. The number of amides is 1. The van der Waals surface area contributed by atoms with Gasteiger partial charge in [-0.05, 0) is 82.3 Å². The maximum absolute atomic E-state index is 11.2. The number of hydrogen-bond acceptors (Lipinski definition) is 5. The lowest BCUT2D eigenvalue weighted by Gasteiger charge is -2.02. The highest BCUT2D eigenvalue weighted by Crippen LogP contribution is 2.11. The molecule has 0 radical (unpaired) electrons. The van der Waals surface area contributed by atoms with E-state index in [0.717, 1.165) is 42.7 Å². The van der Waals surface area contributed by atoms with E-state index in [1.54, 1.807) is 6.92 Å². The van der Waals surface area contributed by atoms with Gasteiger partial charge >= 0.3 is 0 Å². The van der Waals surface area contributed by atoms with Crippen molar-refractivity contribution in [2.24, 2.45) is 5.92 Å². The molecule has 6 nitrogen and oxygen atoms in total. The molecule has 0 aromatic heterocycles. The number of carbonyl (C=O) groups excluding carboxylic acids is 3. The summed E-state index contributed by atoms with van der Waals surface area (Å²) in [4.78, 5) is 31.9. The van der Waals surface area contributed by atoms with Crippen molar-refractivity contribution in [3.05, 3.63) is 70.3 Å². The molecule has 41 heavy (non-hydrogen) atoms. The fourth-order valence-corrected chi connectivity index (χ4v) is 2.88. The van der Waals surface area contributed by atoms with Gasteiger partial charge in [0.2, 0.25) is 0 Å². The maximum Gasteiger partial charge on any atom is 0.253 e. The molecule has 6 heteroatoms. The van der Waals surface area contributed by atoms with Gasteiger partial charge in [-0.25, -0.2) is 5.48 Å². The van der Waals surface area contributed by atoms with Crippen LogP contribution in [0.3, 0.4) is 0 Å². The maximum atomic E-state index is 11.2. The fraction of sp³-hybridized carbons (Fsp3) is 0.514. The summed E-state index contributed by atoms with van der Waals surface area (Å²) in [5, 5.41) is 8.00. The van der Waals surface area contributed by atoms with E-state index in [2.05, 4.69) is 57.7 Å². The van der Waals surface area contributed by atoms with Gasteiger partial charge < -0.3 is 4.74 Å². The van der Waals surface area contributed by atoms with Crippen molar-refractivity contribution in [3.8, 4) is 11.8 Å². The van der Waals surface area contributed by atoms with Crippen molar-refractivity contribution in [2.45, 2.75) is 102 Å². The van der Waals surface area contributed by atoms with Gasteiger partial charge in [-0.15, -0.1) is 0 Å². The predicted molar refractivity (Wildman–Crippen MR) is 171 cm³/mol. The van der Waals surface area contributed by atoms with Crippen LogP contribution in [0.4, 0.5) is 0 Å². The summed E-state index contributed by atoms with van der Waals surface area (Å²) in [5.74, 6) is 4.69. The summed E-state index contributed by atoms with van der Waals surface area (Å²) < 4.78 is 5.22. The Bertz CT molecular complexity index is 1030. The molecule has 1 amide bonds. The molecule has 0 aliphatic heterocycles. The second-order valence-corrected chi connectivity index (χ2v) is 8.65. The van der Waals surface area contributed by atoms with Gasteiger partial charge in [-0.3, -0.25) is 19.6 Å². The number of hydroxylamine groups is 1. The van der Waals surface area contributed by atoms with Crippen molar-refractivity contribution in [1.82, 2.24) is 5.48 Å². The smallest absolute Gasteiger partial charge is 0.253 e. The van der Waals surface area contributed by atoms with Crippen LogP contribution in [0.25, 0.3) is 0 Å². The first-order valence-electron chi connectivity index (χ1n) is 14.9. The average molecular weight is 570 g/mol. The van der Waals surface area contributed by atoms with Gasteiger partial charge in [0.05, 0.1) is 5.92 Å². The Balaban J connectivity index is -0.000000575. The first-order chi connectivity index (χ1) is 19.6. The van der Waals surface area contributed by atoms with Crippen molar-refractivity contribution in [3.63, 3.8) is 0 Å².